The molecule has 2 amide bonds. The molecule has 1 N–H and O–H groups in total. The van der Waals surface area contributed by atoms with Gasteiger partial charge in [-0.25, -0.2) is 0 Å². The van der Waals surface area contributed by atoms with E-state index in [1.165, 1.54) is 0 Å². The Bertz CT molecular complexity index is 1120. The van der Waals surface area contributed by atoms with Crippen LogP contribution < -0.4 is 5.32 Å². The summed E-state index contributed by atoms with van der Waals surface area (Å²) in [6.45, 7) is 4.19. The highest BCUT2D eigenvalue weighted by molar-refractivity contribution is 6.35. The maximum Gasteiger partial charge on any atom is 0.243 e. The first-order valence-corrected chi connectivity index (χ1v) is 12.2. The van der Waals surface area contributed by atoms with Crippen LogP contribution in [0.2, 0.25) is 15.1 Å². The van der Waals surface area contributed by atoms with Crippen molar-refractivity contribution in [3.05, 3.63) is 105 Å². The Morgan fingerprint density at radius 3 is 2.12 bits per heavy atom. The third-order valence-corrected chi connectivity index (χ3v) is 6.30. The smallest absolute Gasteiger partial charge is 0.243 e. The quantitative estimate of drug-likeness (QED) is 0.349. The second-order valence-electron chi connectivity index (χ2n) is 8.41. The molecule has 3 rings (SSSR count). The molecule has 0 spiro atoms. The van der Waals surface area contributed by atoms with E-state index in [4.69, 9.17) is 34.8 Å². The van der Waals surface area contributed by atoms with Crippen LogP contribution >= 0.6 is 34.8 Å². The van der Waals surface area contributed by atoms with Gasteiger partial charge in [-0.2, -0.15) is 0 Å². The summed E-state index contributed by atoms with van der Waals surface area (Å²) in [5.74, 6) is -0.627. The summed E-state index contributed by atoms with van der Waals surface area (Å²) in [6.07, 6.45) is 0.382. The van der Waals surface area contributed by atoms with Crippen LogP contribution in [0.15, 0.2) is 72.8 Å². The maximum atomic E-state index is 13.5. The molecule has 0 radical (unpaired) electrons. The Kier molecular flexibility index (Phi) is 9.40. The molecular weight excluding hydrogens is 491 g/mol. The Morgan fingerprint density at radius 2 is 1.50 bits per heavy atom. The van der Waals surface area contributed by atoms with Crippen molar-refractivity contribution >= 4 is 46.6 Å². The number of carbonyl (C=O) groups is 2. The van der Waals surface area contributed by atoms with Crippen LogP contribution in [0.25, 0.3) is 0 Å². The molecule has 3 aromatic rings. The number of hydrogen-bond acceptors (Lipinski definition) is 2. The SMILES string of the molecule is CC(C)C(=O)N(Cc1ccc(Cl)cc1)[C@@H](Cc1ccccc1)C(=O)NCc1ccc(Cl)cc1Cl. The molecule has 0 saturated carbocycles. The van der Waals surface area contributed by atoms with E-state index in [2.05, 4.69) is 5.32 Å². The van der Waals surface area contributed by atoms with E-state index in [1.54, 1.807) is 35.2 Å². The van der Waals surface area contributed by atoms with Crippen LogP contribution in [-0.4, -0.2) is 22.8 Å². The highest BCUT2D eigenvalue weighted by Crippen LogP contribution is 2.22. The molecular formula is C27H27Cl3N2O2. The van der Waals surface area contributed by atoms with E-state index in [9.17, 15) is 9.59 Å². The van der Waals surface area contributed by atoms with E-state index in [0.717, 1.165) is 16.7 Å². The first-order chi connectivity index (χ1) is 16.2. The van der Waals surface area contributed by atoms with Crippen molar-refractivity contribution in [2.24, 2.45) is 5.92 Å². The average molecular weight is 518 g/mol. The summed E-state index contributed by atoms with van der Waals surface area (Å²) in [7, 11) is 0. The molecule has 7 heteroatoms. The van der Waals surface area contributed by atoms with Gasteiger partial charge in [0, 0.05) is 40.5 Å². The minimum atomic E-state index is -0.709. The summed E-state index contributed by atoms with van der Waals surface area (Å²) < 4.78 is 0. The third-order valence-electron chi connectivity index (χ3n) is 5.46. The van der Waals surface area contributed by atoms with Gasteiger partial charge in [0.15, 0.2) is 0 Å². The molecule has 0 bridgehead atoms. The summed E-state index contributed by atoms with van der Waals surface area (Å²) in [5, 5.41) is 4.58. The van der Waals surface area contributed by atoms with Crippen molar-refractivity contribution in [2.45, 2.75) is 39.4 Å². The van der Waals surface area contributed by atoms with E-state index in [1.807, 2.05) is 56.3 Å². The summed E-state index contributed by atoms with van der Waals surface area (Å²) in [6, 6.07) is 21.4. The lowest BCUT2D eigenvalue weighted by atomic mass is 10.0. The summed E-state index contributed by atoms with van der Waals surface area (Å²) >= 11 is 18.3. The predicted octanol–water partition coefficient (Wildman–Crippen LogP) is 6.56. The zero-order chi connectivity index (χ0) is 24.7. The average Bonchev–Trinajstić information content (AvgIpc) is 2.82. The van der Waals surface area contributed by atoms with Gasteiger partial charge in [-0.15, -0.1) is 0 Å². The van der Waals surface area contributed by atoms with Gasteiger partial charge >= 0.3 is 0 Å². The van der Waals surface area contributed by atoms with Gasteiger partial charge in [0.1, 0.15) is 6.04 Å². The highest BCUT2D eigenvalue weighted by atomic mass is 35.5. The monoisotopic (exact) mass is 516 g/mol. The fourth-order valence-corrected chi connectivity index (χ4v) is 4.21. The fraction of sp³-hybridized carbons (Fsp3) is 0.259. The number of carbonyl (C=O) groups excluding carboxylic acids is 2. The Morgan fingerprint density at radius 1 is 0.853 bits per heavy atom. The van der Waals surface area contributed by atoms with Crippen LogP contribution in [0, 0.1) is 5.92 Å². The lowest BCUT2D eigenvalue weighted by Crippen LogP contribution is -2.51. The molecule has 34 heavy (non-hydrogen) atoms. The molecule has 178 valence electrons. The molecule has 3 aromatic carbocycles. The third kappa shape index (κ3) is 7.23. The second kappa shape index (κ2) is 12.3. The van der Waals surface area contributed by atoms with Crippen LogP contribution in [0.1, 0.15) is 30.5 Å². The molecule has 1 atom stereocenters. The predicted molar refractivity (Wildman–Crippen MR) is 139 cm³/mol. The number of amides is 2. The minimum Gasteiger partial charge on any atom is -0.350 e. The minimum absolute atomic E-state index is 0.101. The van der Waals surface area contributed by atoms with Gasteiger partial charge < -0.3 is 10.2 Å². The Balaban J connectivity index is 1.90. The first kappa shape index (κ1) is 26.1. The molecule has 0 aliphatic heterocycles. The summed E-state index contributed by atoms with van der Waals surface area (Å²) in [5.41, 5.74) is 2.60. The van der Waals surface area contributed by atoms with Crippen LogP contribution in [-0.2, 0) is 29.1 Å². The van der Waals surface area contributed by atoms with Gasteiger partial charge in [0.25, 0.3) is 0 Å². The van der Waals surface area contributed by atoms with Crippen molar-refractivity contribution in [1.29, 1.82) is 0 Å². The van der Waals surface area contributed by atoms with E-state index >= 15 is 0 Å². The molecule has 0 unspecified atom stereocenters. The largest absolute Gasteiger partial charge is 0.350 e. The molecule has 0 heterocycles. The standard InChI is InChI=1S/C27H27Cl3N2O2/c1-18(2)27(34)32(17-20-8-11-22(28)12-9-20)25(14-19-6-4-3-5-7-19)26(33)31-16-21-10-13-23(29)15-24(21)30/h3-13,15,18,25H,14,16-17H2,1-2H3,(H,31,33)/t25-/m0/s1. The highest BCUT2D eigenvalue weighted by Gasteiger charge is 2.31. The van der Waals surface area contributed by atoms with Gasteiger partial charge in [0.05, 0.1) is 0 Å². The summed E-state index contributed by atoms with van der Waals surface area (Å²) in [4.78, 5) is 28.5. The topological polar surface area (TPSA) is 49.4 Å². The van der Waals surface area contributed by atoms with Crippen molar-refractivity contribution in [3.8, 4) is 0 Å². The number of nitrogens with zero attached hydrogens (tertiary/aromatic N) is 1. The number of hydrogen-bond donors (Lipinski definition) is 1. The normalized spacial score (nSPS) is 11.8. The zero-order valence-electron chi connectivity index (χ0n) is 19.1. The van der Waals surface area contributed by atoms with Gasteiger partial charge in [-0.1, -0.05) is 97.2 Å². The molecule has 4 nitrogen and oxygen atoms in total. The Labute approximate surface area is 215 Å². The van der Waals surface area contributed by atoms with Crippen molar-refractivity contribution < 1.29 is 9.59 Å². The van der Waals surface area contributed by atoms with Crippen molar-refractivity contribution in [3.63, 3.8) is 0 Å². The number of benzene rings is 3. The number of rotatable bonds is 9. The fourth-order valence-electron chi connectivity index (χ4n) is 3.61. The van der Waals surface area contributed by atoms with E-state index in [-0.39, 0.29) is 24.3 Å². The van der Waals surface area contributed by atoms with E-state index in [0.29, 0.717) is 28.0 Å². The lowest BCUT2D eigenvalue weighted by molar-refractivity contribution is -0.143. The molecule has 0 aromatic heterocycles. The number of halogens is 3. The molecule has 0 fully saturated rings. The maximum absolute atomic E-state index is 13.5. The molecule has 0 aliphatic carbocycles. The van der Waals surface area contributed by atoms with Gasteiger partial charge in [0.2, 0.25) is 11.8 Å². The molecule has 0 saturated heterocycles. The lowest BCUT2D eigenvalue weighted by Gasteiger charge is -2.33. The van der Waals surface area contributed by atoms with Crippen molar-refractivity contribution in [1.82, 2.24) is 10.2 Å². The molecule has 0 aliphatic rings. The van der Waals surface area contributed by atoms with Gasteiger partial charge in [-0.3, -0.25) is 9.59 Å². The number of nitrogens with one attached hydrogen (secondary N) is 1. The second-order valence-corrected chi connectivity index (χ2v) is 9.69. The Hall–Kier alpha value is -2.53. The van der Waals surface area contributed by atoms with E-state index < -0.39 is 6.04 Å². The van der Waals surface area contributed by atoms with Gasteiger partial charge in [-0.05, 0) is 41.0 Å². The first-order valence-electron chi connectivity index (χ1n) is 11.0. The van der Waals surface area contributed by atoms with Crippen LogP contribution in [0.3, 0.4) is 0 Å². The van der Waals surface area contributed by atoms with Crippen LogP contribution in [0.4, 0.5) is 0 Å². The zero-order valence-corrected chi connectivity index (χ0v) is 21.4. The van der Waals surface area contributed by atoms with Crippen LogP contribution in [0.5, 0.6) is 0 Å². The van der Waals surface area contributed by atoms with Crippen molar-refractivity contribution in [2.75, 3.05) is 0 Å².